The summed E-state index contributed by atoms with van der Waals surface area (Å²) in [6, 6.07) is 9.16. The molecule has 0 atom stereocenters. The van der Waals surface area contributed by atoms with E-state index in [0.29, 0.717) is 10.7 Å². The molecule has 0 saturated carbocycles. The van der Waals surface area contributed by atoms with Gasteiger partial charge in [-0.1, -0.05) is 35.4 Å². The van der Waals surface area contributed by atoms with Crippen molar-refractivity contribution in [1.82, 2.24) is 4.98 Å². The van der Waals surface area contributed by atoms with Gasteiger partial charge in [0.1, 0.15) is 11.8 Å². The van der Waals surface area contributed by atoms with Crippen molar-refractivity contribution in [2.45, 2.75) is 20.5 Å². The molecule has 3 nitrogen and oxygen atoms in total. The van der Waals surface area contributed by atoms with Gasteiger partial charge in [-0.05, 0) is 31.5 Å². The molecule has 1 aromatic heterocycles. The second-order valence-electron chi connectivity index (χ2n) is 4.38. The summed E-state index contributed by atoms with van der Waals surface area (Å²) in [5.41, 5.74) is 3.35. The highest BCUT2D eigenvalue weighted by Crippen LogP contribution is 2.13. The highest BCUT2D eigenvalue weighted by molar-refractivity contribution is 6.29. The van der Waals surface area contributed by atoms with Crippen molar-refractivity contribution < 1.29 is 9.53 Å². The van der Waals surface area contributed by atoms with Crippen molar-refractivity contribution >= 4 is 17.6 Å². The van der Waals surface area contributed by atoms with Gasteiger partial charge in [0.05, 0.1) is 5.56 Å². The first-order valence-corrected chi connectivity index (χ1v) is 6.29. The number of ether oxygens (including phenoxy) is 1. The SMILES string of the molecule is Cc1ccc(C)c(C(=O)OCc2ccc(Cl)nc2)c1. The average molecular weight is 276 g/mol. The number of carbonyl (C=O) groups excluding carboxylic acids is 1. The normalized spacial score (nSPS) is 10.3. The number of aryl methyl sites for hydroxylation is 2. The summed E-state index contributed by atoms with van der Waals surface area (Å²) in [5, 5.41) is 0.421. The smallest absolute Gasteiger partial charge is 0.338 e. The molecule has 19 heavy (non-hydrogen) atoms. The molecule has 0 amide bonds. The number of nitrogens with zero attached hydrogens (tertiary/aromatic N) is 1. The molecule has 98 valence electrons. The quantitative estimate of drug-likeness (QED) is 0.633. The molecule has 0 aliphatic carbocycles. The molecule has 1 aromatic carbocycles. The van der Waals surface area contributed by atoms with Crippen LogP contribution in [0.1, 0.15) is 27.0 Å². The third kappa shape index (κ3) is 3.55. The number of hydrogen-bond donors (Lipinski definition) is 0. The zero-order chi connectivity index (χ0) is 13.8. The van der Waals surface area contributed by atoms with E-state index in [0.717, 1.165) is 16.7 Å². The number of rotatable bonds is 3. The number of hydrogen-bond acceptors (Lipinski definition) is 3. The van der Waals surface area contributed by atoms with Crippen molar-refractivity contribution in [3.05, 3.63) is 63.9 Å². The van der Waals surface area contributed by atoms with Crippen molar-refractivity contribution in [1.29, 1.82) is 0 Å². The van der Waals surface area contributed by atoms with Crippen LogP contribution in [0, 0.1) is 13.8 Å². The Balaban J connectivity index is 2.05. The van der Waals surface area contributed by atoms with Gasteiger partial charge in [-0.3, -0.25) is 0 Å². The number of halogens is 1. The molecule has 0 aliphatic rings. The van der Waals surface area contributed by atoms with Gasteiger partial charge >= 0.3 is 5.97 Å². The fourth-order valence-corrected chi connectivity index (χ4v) is 1.79. The van der Waals surface area contributed by atoms with Crippen LogP contribution in [-0.4, -0.2) is 11.0 Å². The predicted octanol–water partition coefficient (Wildman–Crippen LogP) is 3.71. The standard InChI is InChI=1S/C15H14ClNO2/c1-10-3-4-11(2)13(7-10)15(18)19-9-12-5-6-14(16)17-8-12/h3-8H,9H2,1-2H3. The number of esters is 1. The van der Waals surface area contributed by atoms with E-state index in [9.17, 15) is 4.79 Å². The van der Waals surface area contributed by atoms with Crippen molar-refractivity contribution in [3.8, 4) is 0 Å². The minimum absolute atomic E-state index is 0.191. The highest BCUT2D eigenvalue weighted by Gasteiger charge is 2.10. The lowest BCUT2D eigenvalue weighted by atomic mass is 10.1. The monoisotopic (exact) mass is 275 g/mol. The van der Waals surface area contributed by atoms with Crippen LogP contribution in [0.3, 0.4) is 0 Å². The van der Waals surface area contributed by atoms with Crippen LogP contribution in [0.15, 0.2) is 36.5 Å². The number of aromatic nitrogens is 1. The predicted molar refractivity (Wildman–Crippen MR) is 74.3 cm³/mol. The topological polar surface area (TPSA) is 39.2 Å². The fraction of sp³-hybridized carbons (Fsp3) is 0.200. The molecule has 0 aliphatic heterocycles. The van der Waals surface area contributed by atoms with Gasteiger partial charge in [-0.25, -0.2) is 9.78 Å². The van der Waals surface area contributed by atoms with Crippen LogP contribution >= 0.6 is 11.6 Å². The molecule has 4 heteroatoms. The molecule has 0 spiro atoms. The fourth-order valence-electron chi connectivity index (χ4n) is 1.67. The Labute approximate surface area is 117 Å². The second kappa shape index (κ2) is 5.85. The Morgan fingerprint density at radius 1 is 1.26 bits per heavy atom. The maximum Gasteiger partial charge on any atom is 0.338 e. The summed E-state index contributed by atoms with van der Waals surface area (Å²) >= 11 is 5.69. The van der Waals surface area contributed by atoms with E-state index in [-0.39, 0.29) is 12.6 Å². The minimum atomic E-state index is -0.323. The Kier molecular flexibility index (Phi) is 4.17. The Morgan fingerprint density at radius 3 is 2.74 bits per heavy atom. The third-order valence-electron chi connectivity index (χ3n) is 2.77. The average Bonchev–Trinajstić information content (AvgIpc) is 2.40. The largest absolute Gasteiger partial charge is 0.457 e. The maximum atomic E-state index is 12.0. The lowest BCUT2D eigenvalue weighted by molar-refractivity contribution is 0.0471. The Bertz CT molecular complexity index is 594. The third-order valence-corrected chi connectivity index (χ3v) is 3.00. The molecule has 0 fully saturated rings. The Hall–Kier alpha value is -1.87. The maximum absolute atomic E-state index is 12.0. The first-order chi connectivity index (χ1) is 9.06. The summed E-state index contributed by atoms with van der Waals surface area (Å²) in [6.07, 6.45) is 1.60. The molecule has 0 N–H and O–H groups in total. The van der Waals surface area contributed by atoms with E-state index in [4.69, 9.17) is 16.3 Å². The summed E-state index contributed by atoms with van der Waals surface area (Å²) in [6.45, 7) is 4.02. The van der Waals surface area contributed by atoms with E-state index >= 15 is 0 Å². The zero-order valence-electron chi connectivity index (χ0n) is 10.8. The van der Waals surface area contributed by atoms with Crippen LogP contribution in [0.25, 0.3) is 0 Å². The number of pyridine rings is 1. The van der Waals surface area contributed by atoms with E-state index in [1.54, 1.807) is 18.3 Å². The van der Waals surface area contributed by atoms with Crippen LogP contribution < -0.4 is 0 Å². The van der Waals surface area contributed by atoms with Crippen molar-refractivity contribution in [2.24, 2.45) is 0 Å². The first-order valence-electron chi connectivity index (χ1n) is 5.91. The van der Waals surface area contributed by atoms with Gasteiger partial charge in [0.15, 0.2) is 0 Å². The molecule has 0 unspecified atom stereocenters. The molecule has 0 radical (unpaired) electrons. The van der Waals surface area contributed by atoms with Gasteiger partial charge in [0.25, 0.3) is 0 Å². The summed E-state index contributed by atoms with van der Waals surface area (Å²) < 4.78 is 5.27. The van der Waals surface area contributed by atoms with Crippen LogP contribution in [-0.2, 0) is 11.3 Å². The van der Waals surface area contributed by atoms with Gasteiger partial charge < -0.3 is 4.74 Å². The Morgan fingerprint density at radius 2 is 2.05 bits per heavy atom. The lowest BCUT2D eigenvalue weighted by Crippen LogP contribution is -2.07. The first kappa shape index (κ1) is 13.6. The van der Waals surface area contributed by atoms with Crippen LogP contribution in [0.2, 0.25) is 5.15 Å². The molecular formula is C15H14ClNO2. The van der Waals surface area contributed by atoms with Crippen molar-refractivity contribution in [3.63, 3.8) is 0 Å². The number of carbonyl (C=O) groups is 1. The molecule has 2 aromatic rings. The van der Waals surface area contributed by atoms with E-state index < -0.39 is 0 Å². The summed E-state index contributed by atoms with van der Waals surface area (Å²) in [4.78, 5) is 15.9. The second-order valence-corrected chi connectivity index (χ2v) is 4.77. The van der Waals surface area contributed by atoms with E-state index in [1.165, 1.54) is 0 Å². The van der Waals surface area contributed by atoms with Gasteiger partial charge in [0.2, 0.25) is 0 Å². The highest BCUT2D eigenvalue weighted by atomic mass is 35.5. The van der Waals surface area contributed by atoms with Gasteiger partial charge in [0, 0.05) is 11.8 Å². The molecular weight excluding hydrogens is 262 g/mol. The van der Waals surface area contributed by atoms with E-state index in [2.05, 4.69) is 4.98 Å². The minimum Gasteiger partial charge on any atom is -0.457 e. The number of benzene rings is 1. The van der Waals surface area contributed by atoms with Gasteiger partial charge in [-0.15, -0.1) is 0 Å². The zero-order valence-corrected chi connectivity index (χ0v) is 11.6. The van der Waals surface area contributed by atoms with E-state index in [1.807, 2.05) is 32.0 Å². The van der Waals surface area contributed by atoms with Gasteiger partial charge in [-0.2, -0.15) is 0 Å². The summed E-state index contributed by atoms with van der Waals surface area (Å²) in [7, 11) is 0. The molecule has 0 saturated heterocycles. The molecule has 1 heterocycles. The van der Waals surface area contributed by atoms with Crippen LogP contribution in [0.5, 0.6) is 0 Å². The van der Waals surface area contributed by atoms with Crippen molar-refractivity contribution in [2.75, 3.05) is 0 Å². The molecule has 0 bridgehead atoms. The summed E-state index contributed by atoms with van der Waals surface area (Å²) in [5.74, 6) is -0.323. The lowest BCUT2D eigenvalue weighted by Gasteiger charge is -2.08. The van der Waals surface area contributed by atoms with Crippen LogP contribution in [0.4, 0.5) is 0 Å². The molecule has 2 rings (SSSR count).